The van der Waals surface area contributed by atoms with Crippen molar-refractivity contribution in [2.24, 2.45) is 0 Å². The lowest BCUT2D eigenvalue weighted by Gasteiger charge is -1.70. The molecule has 49 heavy (non-hydrogen) atoms. The number of rotatable bonds is 1. The molecule has 0 atom stereocenters. The van der Waals surface area contributed by atoms with Gasteiger partial charge in [-0.25, -0.2) is 0 Å². The topological polar surface area (TPSA) is 40.5 Å². The van der Waals surface area contributed by atoms with Crippen LogP contribution in [-0.2, 0) is 0 Å². The Kier molecular flexibility index (Phi) is 1020. The summed E-state index contributed by atoms with van der Waals surface area (Å²) in [7, 11) is 0. The average molecular weight is 693 g/mol. The van der Waals surface area contributed by atoms with Gasteiger partial charge in [-0.1, -0.05) is 91.1 Å². The number of aliphatic hydroxyl groups is 2. The molecule has 0 aromatic carbocycles. The maximum atomic E-state index is 7.62. The molecule has 0 spiro atoms. The van der Waals surface area contributed by atoms with Gasteiger partial charge in [0, 0.05) is 0 Å². The van der Waals surface area contributed by atoms with Gasteiger partial charge in [0.1, 0.15) is 0 Å². The van der Waals surface area contributed by atoms with Crippen molar-refractivity contribution < 1.29 is 10.2 Å². The third-order valence-corrected chi connectivity index (χ3v) is 0.1000. The molecule has 2 N–H and O–H groups in total. The van der Waals surface area contributed by atoms with Gasteiger partial charge >= 0.3 is 0 Å². The van der Waals surface area contributed by atoms with E-state index in [1.165, 1.54) is 0 Å². The predicted octanol–water partition coefficient (Wildman–Crippen LogP) is 16.9. The molecule has 0 aliphatic heterocycles. The van der Waals surface area contributed by atoms with Crippen LogP contribution in [0.4, 0.5) is 0 Å². The third kappa shape index (κ3) is 8750. The van der Waals surface area contributed by atoms with Gasteiger partial charge in [0.15, 0.2) is 0 Å². The van der Waals surface area contributed by atoms with E-state index in [0.717, 1.165) is 0 Å². The number of aliphatic hydroxyl groups excluding tert-OH is 2. The highest BCUT2D eigenvalue weighted by Crippen LogP contribution is 1.42. The van der Waals surface area contributed by atoms with Gasteiger partial charge in [-0.15, -0.1) is 98.7 Å². The van der Waals surface area contributed by atoms with E-state index in [1.807, 2.05) is 104 Å². The summed E-state index contributed by atoms with van der Waals surface area (Å²) in [4.78, 5) is 0. The first kappa shape index (κ1) is 104. The molecule has 0 aromatic heterocycles. The van der Waals surface area contributed by atoms with Gasteiger partial charge in [-0.3, -0.25) is 0 Å². The van der Waals surface area contributed by atoms with Crippen LogP contribution in [0, 0.1) is 0 Å². The first-order chi connectivity index (χ1) is 23.1. The molecule has 296 valence electrons. The fourth-order valence-corrected chi connectivity index (χ4v) is 0. The smallest absolute Gasteiger partial charge is 0.0662 e. The van der Waals surface area contributed by atoms with E-state index in [-0.39, 0.29) is 13.2 Å². The molecule has 0 saturated heterocycles. The van der Waals surface area contributed by atoms with Crippen molar-refractivity contribution in [3.8, 4) is 0 Å². The first-order valence-corrected chi connectivity index (χ1v) is 15.9. The minimum absolute atomic E-state index is 0.125. The van der Waals surface area contributed by atoms with Crippen molar-refractivity contribution >= 4 is 0 Å². The Balaban J connectivity index is -0.0000000169. The largest absolute Gasteiger partial charge is 0.394 e. The molecule has 0 aliphatic carbocycles. The summed E-state index contributed by atoms with van der Waals surface area (Å²) >= 11 is 0. The van der Waals surface area contributed by atoms with E-state index in [2.05, 4.69) is 98.7 Å². The van der Waals surface area contributed by atoms with Gasteiger partial charge in [0.05, 0.1) is 13.2 Å². The van der Waals surface area contributed by atoms with Crippen LogP contribution in [0.25, 0.3) is 0 Å². The van der Waals surface area contributed by atoms with Crippen molar-refractivity contribution in [1.82, 2.24) is 0 Å². The maximum absolute atomic E-state index is 7.62. The average Bonchev–Trinajstić information content (AvgIpc) is 2.99. The monoisotopic (exact) mass is 693 g/mol. The van der Waals surface area contributed by atoms with Crippen molar-refractivity contribution in [3.63, 3.8) is 0 Å². The van der Waals surface area contributed by atoms with Crippen LogP contribution in [0.3, 0.4) is 0 Å². The highest BCUT2D eigenvalue weighted by molar-refractivity contribution is 4.55. The Morgan fingerprint density at radius 1 is 0.204 bits per heavy atom. The summed E-state index contributed by atoms with van der Waals surface area (Å²) in [6.07, 6.45) is 26.2. The van der Waals surface area contributed by atoms with Gasteiger partial charge in [0.2, 0.25) is 0 Å². The summed E-state index contributed by atoms with van der Waals surface area (Å²) in [5.74, 6) is 0. The van der Waals surface area contributed by atoms with E-state index < -0.39 is 0 Å². The third-order valence-electron chi connectivity index (χ3n) is 0.1000. The number of allylic oxidation sites excluding steroid dienone is 15. The molecule has 0 fully saturated rings. The summed E-state index contributed by atoms with van der Waals surface area (Å²) in [5, 5.41) is 15.2. The zero-order chi connectivity index (χ0) is 44.0. The van der Waals surface area contributed by atoms with E-state index in [4.69, 9.17) is 10.2 Å². The minimum atomic E-state index is -0.125. The van der Waals surface area contributed by atoms with Crippen LogP contribution in [0.5, 0.6) is 0 Å². The normalized spacial score (nSPS) is 4.59. The van der Waals surface area contributed by atoms with Crippen molar-refractivity contribution in [2.45, 2.75) is 104 Å². The molecule has 0 bridgehead atoms. The highest BCUT2D eigenvalue weighted by atomic mass is 16.3. The lowest BCUT2D eigenvalue weighted by atomic mass is 10.8. The fraction of sp³-hybridized carbons (Fsp3) is 0.362. The minimum Gasteiger partial charge on any atom is -0.394 e. The summed E-state index contributed by atoms with van der Waals surface area (Å²) in [5.41, 5.74) is 0. The Labute approximate surface area is 316 Å². The van der Waals surface area contributed by atoms with Crippen molar-refractivity contribution in [2.75, 3.05) is 13.2 Å². The predicted molar refractivity (Wildman–Crippen MR) is 252 cm³/mol. The zero-order valence-corrected chi connectivity index (χ0v) is 36.6. The molecular formula is C47H96O2. The van der Waals surface area contributed by atoms with Gasteiger partial charge < -0.3 is 10.2 Å². The van der Waals surface area contributed by atoms with Crippen LogP contribution >= 0.6 is 0 Å². The molecule has 0 heterocycles. The molecule has 0 amide bonds. The molecule has 0 rings (SSSR count). The van der Waals surface area contributed by atoms with Crippen molar-refractivity contribution in [1.29, 1.82) is 0 Å². The zero-order valence-electron chi connectivity index (χ0n) is 36.6. The van der Waals surface area contributed by atoms with Crippen LogP contribution in [0.15, 0.2) is 190 Å². The lowest BCUT2D eigenvalue weighted by molar-refractivity contribution is 0.186. The van der Waals surface area contributed by atoms with Gasteiger partial charge in [-0.2, -0.15) is 0 Å². The number of hydrogen-bond acceptors (Lipinski definition) is 2. The standard InChI is InChI=1S/15C3H6.C2H6O2/c15*1-3-2;3-1-2-4/h15*3H,1H2,2H3;3-4H,1-2H2. The molecule has 2 heteroatoms. The van der Waals surface area contributed by atoms with Gasteiger partial charge in [-0.05, 0) is 104 Å². The Morgan fingerprint density at radius 3 is 0.224 bits per heavy atom. The van der Waals surface area contributed by atoms with E-state index in [0.29, 0.717) is 0 Å². The van der Waals surface area contributed by atoms with Crippen LogP contribution < -0.4 is 0 Å². The summed E-state index contributed by atoms with van der Waals surface area (Å²) in [6.45, 7) is 78.5. The van der Waals surface area contributed by atoms with Crippen LogP contribution in [-0.4, -0.2) is 23.4 Å². The fourth-order valence-electron chi connectivity index (χ4n) is 0. The van der Waals surface area contributed by atoms with E-state index >= 15 is 0 Å². The van der Waals surface area contributed by atoms with Crippen LogP contribution in [0.2, 0.25) is 0 Å². The first-order valence-electron chi connectivity index (χ1n) is 15.9. The molecule has 0 saturated carbocycles. The van der Waals surface area contributed by atoms with E-state index in [1.54, 1.807) is 91.1 Å². The maximum Gasteiger partial charge on any atom is 0.0662 e. The quantitative estimate of drug-likeness (QED) is 0.269. The molecule has 0 radical (unpaired) electrons. The highest BCUT2D eigenvalue weighted by Gasteiger charge is 1.58. The summed E-state index contributed by atoms with van der Waals surface area (Å²) < 4.78 is 0. The summed E-state index contributed by atoms with van der Waals surface area (Å²) in [6, 6.07) is 0. The van der Waals surface area contributed by atoms with Crippen molar-refractivity contribution in [3.05, 3.63) is 190 Å². The Hall–Kier alpha value is -3.98. The lowest BCUT2D eigenvalue weighted by Crippen LogP contribution is -1.85. The Bertz CT molecular complexity index is 326. The number of hydrogen-bond donors (Lipinski definition) is 2. The molecule has 0 unspecified atom stereocenters. The van der Waals surface area contributed by atoms with E-state index in [9.17, 15) is 0 Å². The molecular weight excluding hydrogens is 597 g/mol. The SMILES string of the molecule is C=CC.C=CC.C=CC.C=CC.C=CC.C=CC.C=CC.C=CC.C=CC.C=CC.C=CC.C=CC.C=CC.C=CC.C=CC.OCCO. The second-order valence-corrected chi connectivity index (χ2v) is 6.57. The molecule has 0 aromatic rings. The molecule has 0 aliphatic rings. The second-order valence-electron chi connectivity index (χ2n) is 6.57. The second kappa shape index (κ2) is 481. The van der Waals surface area contributed by atoms with Gasteiger partial charge in [0.25, 0.3) is 0 Å². The van der Waals surface area contributed by atoms with Crippen LogP contribution in [0.1, 0.15) is 104 Å². The Morgan fingerprint density at radius 2 is 0.224 bits per heavy atom. The molecule has 2 nitrogen and oxygen atoms in total.